The molecule has 0 N–H and O–H groups in total. The normalized spacial score (nSPS) is 17.4. The lowest BCUT2D eigenvalue weighted by atomic mass is 10.0. The van der Waals surface area contributed by atoms with Crippen LogP contribution in [0.5, 0.6) is 0 Å². The van der Waals surface area contributed by atoms with Crippen molar-refractivity contribution >= 4 is 5.82 Å². The highest BCUT2D eigenvalue weighted by Crippen LogP contribution is 2.29. The Hall–Kier alpha value is -2.52. The highest BCUT2D eigenvalue weighted by molar-refractivity contribution is 5.58. The molecule has 2 heterocycles. The summed E-state index contributed by atoms with van der Waals surface area (Å²) in [6.45, 7) is 5.51. The molecule has 130 valence electrons. The fourth-order valence-electron chi connectivity index (χ4n) is 3.27. The summed E-state index contributed by atoms with van der Waals surface area (Å²) in [6.07, 6.45) is 1.08. The summed E-state index contributed by atoms with van der Waals surface area (Å²) in [7, 11) is 0. The number of rotatable bonds is 4. The smallest absolute Gasteiger partial charge is 0.169 e. The lowest BCUT2D eigenvalue weighted by Gasteiger charge is -2.34. The molecule has 0 amide bonds. The number of nitriles is 1. The molecule has 25 heavy (non-hydrogen) atoms. The third-order valence-electron chi connectivity index (χ3n) is 4.56. The third-order valence-corrected chi connectivity index (χ3v) is 4.56. The largest absolute Gasteiger partial charge is 0.370 e. The number of ether oxygens (including phenoxy) is 1. The number of halogens is 1. The van der Waals surface area contributed by atoms with E-state index in [1.54, 1.807) is 18.2 Å². The van der Waals surface area contributed by atoms with Gasteiger partial charge in [0.2, 0.25) is 0 Å². The molecule has 1 aliphatic rings. The summed E-state index contributed by atoms with van der Waals surface area (Å²) in [4.78, 5) is 1.98. The van der Waals surface area contributed by atoms with Crippen LogP contribution in [0, 0.1) is 17.1 Å². The van der Waals surface area contributed by atoms with Gasteiger partial charge in [-0.2, -0.15) is 10.4 Å². The first-order valence-corrected chi connectivity index (χ1v) is 8.59. The second kappa shape index (κ2) is 7.58. The number of anilines is 1. The maximum absolute atomic E-state index is 14.1. The summed E-state index contributed by atoms with van der Waals surface area (Å²) < 4.78 is 19.8. The highest BCUT2D eigenvalue weighted by Gasteiger charge is 2.28. The van der Waals surface area contributed by atoms with Gasteiger partial charge in [-0.05, 0) is 24.5 Å². The van der Waals surface area contributed by atoms with Crippen molar-refractivity contribution in [1.29, 1.82) is 5.26 Å². The van der Waals surface area contributed by atoms with Crippen LogP contribution in [0.2, 0.25) is 0 Å². The van der Waals surface area contributed by atoms with Gasteiger partial charge < -0.3 is 9.64 Å². The molecule has 0 aliphatic carbocycles. The van der Waals surface area contributed by atoms with Crippen LogP contribution in [0.3, 0.4) is 0 Å². The minimum atomic E-state index is -0.390. The number of aryl methyl sites for hydroxylation is 1. The topological polar surface area (TPSA) is 62.0 Å². The summed E-state index contributed by atoms with van der Waals surface area (Å²) >= 11 is 0. The molecule has 0 saturated carbocycles. The molecule has 1 unspecified atom stereocenters. The van der Waals surface area contributed by atoms with Crippen LogP contribution < -0.4 is 4.90 Å². The number of morpholine rings is 1. The van der Waals surface area contributed by atoms with Crippen molar-refractivity contribution in [2.75, 3.05) is 24.6 Å². The fraction of sp³-hybridized carbons (Fsp3) is 0.421. The molecule has 5 nitrogen and oxygen atoms in total. The lowest BCUT2D eigenvalue weighted by Crippen LogP contribution is -2.40. The lowest BCUT2D eigenvalue weighted by molar-refractivity contribution is 0.0372. The molecule has 1 saturated heterocycles. The van der Waals surface area contributed by atoms with E-state index < -0.39 is 0 Å². The van der Waals surface area contributed by atoms with Gasteiger partial charge in [0.1, 0.15) is 23.6 Å². The van der Waals surface area contributed by atoms with Crippen LogP contribution >= 0.6 is 0 Å². The molecule has 0 radical (unpaired) electrons. The zero-order valence-corrected chi connectivity index (χ0v) is 14.5. The average molecular weight is 340 g/mol. The highest BCUT2D eigenvalue weighted by atomic mass is 19.1. The van der Waals surface area contributed by atoms with Crippen LogP contribution in [-0.4, -0.2) is 29.9 Å². The van der Waals surface area contributed by atoms with E-state index in [1.807, 2.05) is 18.7 Å². The van der Waals surface area contributed by atoms with Crippen molar-refractivity contribution in [2.24, 2.45) is 0 Å². The van der Waals surface area contributed by atoms with Crippen LogP contribution in [0.1, 0.15) is 42.3 Å². The standard InChI is InChI=1S/C19H21FN4O/c1-3-13-15(11-21)19(23-22-17(13)4-2)24-9-10-25-18(12-24)14-7-5-6-8-16(14)20/h5-8,18H,3-4,9-10,12H2,1-2H3. The van der Waals surface area contributed by atoms with Crippen molar-refractivity contribution in [3.05, 3.63) is 52.5 Å². The number of benzene rings is 1. The summed E-state index contributed by atoms with van der Waals surface area (Å²) in [6, 6.07) is 8.92. The van der Waals surface area contributed by atoms with E-state index in [-0.39, 0.29) is 11.9 Å². The molecule has 1 aromatic heterocycles. The molecule has 1 aromatic carbocycles. The van der Waals surface area contributed by atoms with Crippen LogP contribution in [0.4, 0.5) is 10.2 Å². The molecular formula is C19H21FN4O. The Morgan fingerprint density at radius 3 is 2.76 bits per heavy atom. The maximum atomic E-state index is 14.1. The quantitative estimate of drug-likeness (QED) is 0.855. The van der Waals surface area contributed by atoms with Crippen molar-refractivity contribution in [3.63, 3.8) is 0 Å². The van der Waals surface area contributed by atoms with Gasteiger partial charge in [-0.25, -0.2) is 4.39 Å². The van der Waals surface area contributed by atoms with E-state index >= 15 is 0 Å². The Morgan fingerprint density at radius 1 is 1.28 bits per heavy atom. The van der Waals surface area contributed by atoms with Crippen LogP contribution in [0.15, 0.2) is 24.3 Å². The first-order chi connectivity index (χ1) is 12.2. The minimum absolute atomic E-state index is 0.281. The third kappa shape index (κ3) is 3.33. The van der Waals surface area contributed by atoms with E-state index in [0.717, 1.165) is 24.1 Å². The molecule has 6 heteroatoms. The first-order valence-electron chi connectivity index (χ1n) is 8.59. The van der Waals surface area contributed by atoms with Gasteiger partial charge in [0, 0.05) is 12.1 Å². The van der Waals surface area contributed by atoms with E-state index in [0.29, 0.717) is 36.6 Å². The van der Waals surface area contributed by atoms with Gasteiger partial charge in [-0.1, -0.05) is 32.0 Å². The Kier molecular flexibility index (Phi) is 5.25. The van der Waals surface area contributed by atoms with E-state index in [4.69, 9.17) is 4.74 Å². The van der Waals surface area contributed by atoms with Gasteiger partial charge in [-0.3, -0.25) is 0 Å². The Morgan fingerprint density at radius 2 is 2.08 bits per heavy atom. The van der Waals surface area contributed by atoms with Gasteiger partial charge in [-0.15, -0.1) is 5.10 Å². The van der Waals surface area contributed by atoms with Crippen molar-refractivity contribution < 1.29 is 9.13 Å². The molecule has 2 aromatic rings. The summed E-state index contributed by atoms with van der Waals surface area (Å²) in [5.74, 6) is 0.290. The monoisotopic (exact) mass is 340 g/mol. The number of aromatic nitrogens is 2. The zero-order valence-electron chi connectivity index (χ0n) is 14.5. The Labute approximate surface area is 147 Å². The molecule has 0 bridgehead atoms. The van der Waals surface area contributed by atoms with Crippen molar-refractivity contribution in [3.8, 4) is 6.07 Å². The predicted molar refractivity (Wildman–Crippen MR) is 92.8 cm³/mol. The van der Waals surface area contributed by atoms with Gasteiger partial charge in [0.25, 0.3) is 0 Å². The molecule has 1 aliphatic heterocycles. The molecule has 0 spiro atoms. The predicted octanol–water partition coefficient (Wildman–Crippen LogP) is 3.19. The van der Waals surface area contributed by atoms with Crippen LogP contribution in [0.25, 0.3) is 0 Å². The van der Waals surface area contributed by atoms with E-state index in [2.05, 4.69) is 16.3 Å². The fourth-order valence-corrected chi connectivity index (χ4v) is 3.27. The Bertz CT molecular complexity index is 802. The van der Waals surface area contributed by atoms with Gasteiger partial charge >= 0.3 is 0 Å². The molecular weight excluding hydrogens is 319 g/mol. The van der Waals surface area contributed by atoms with E-state index in [9.17, 15) is 9.65 Å². The molecule has 1 fully saturated rings. The van der Waals surface area contributed by atoms with Crippen LogP contribution in [-0.2, 0) is 17.6 Å². The Balaban J connectivity index is 1.94. The van der Waals surface area contributed by atoms with Gasteiger partial charge in [0.15, 0.2) is 5.82 Å². The first kappa shape index (κ1) is 17.3. The summed E-state index contributed by atoms with van der Waals surface area (Å²) in [5.41, 5.74) is 2.91. The minimum Gasteiger partial charge on any atom is -0.370 e. The van der Waals surface area contributed by atoms with Gasteiger partial charge in [0.05, 0.1) is 18.8 Å². The molecule has 1 atom stereocenters. The maximum Gasteiger partial charge on any atom is 0.169 e. The second-order valence-corrected chi connectivity index (χ2v) is 5.97. The van der Waals surface area contributed by atoms with Crippen molar-refractivity contribution in [1.82, 2.24) is 10.2 Å². The van der Waals surface area contributed by atoms with E-state index in [1.165, 1.54) is 6.07 Å². The van der Waals surface area contributed by atoms with Crippen molar-refractivity contribution in [2.45, 2.75) is 32.8 Å². The SMILES string of the molecule is CCc1nnc(N2CCOC(c3ccccc3F)C2)c(C#N)c1CC. The molecule has 3 rings (SSSR count). The zero-order chi connectivity index (χ0) is 17.8. The average Bonchev–Trinajstić information content (AvgIpc) is 2.67. The summed E-state index contributed by atoms with van der Waals surface area (Å²) in [5, 5.41) is 18.3. The number of hydrogen-bond acceptors (Lipinski definition) is 5. The second-order valence-electron chi connectivity index (χ2n) is 5.97. The number of hydrogen-bond donors (Lipinski definition) is 0. The number of nitrogens with zero attached hydrogens (tertiary/aromatic N) is 4.